The van der Waals surface area contributed by atoms with Gasteiger partial charge in [0, 0.05) is 12.4 Å². The molecule has 0 bridgehead atoms. The molecule has 0 saturated carbocycles. The predicted molar refractivity (Wildman–Crippen MR) is 98.6 cm³/mol. The Balaban J connectivity index is 1.72. The van der Waals surface area contributed by atoms with Crippen LogP contribution in [-0.2, 0) is 6.54 Å². The van der Waals surface area contributed by atoms with Crippen molar-refractivity contribution in [2.24, 2.45) is 0 Å². The molecule has 1 aromatic carbocycles. The van der Waals surface area contributed by atoms with Crippen molar-refractivity contribution in [3.63, 3.8) is 0 Å². The van der Waals surface area contributed by atoms with E-state index in [4.69, 9.17) is 0 Å². The first-order chi connectivity index (χ1) is 13.2. The fourth-order valence-electron chi connectivity index (χ4n) is 3.10. The van der Waals surface area contributed by atoms with E-state index in [1.807, 2.05) is 35.8 Å². The summed E-state index contributed by atoms with van der Waals surface area (Å²) in [6.07, 6.45) is 6.50. The number of nitrogens with one attached hydrogen (secondary N) is 1. The number of aromatic nitrogens is 8. The third-order valence-electron chi connectivity index (χ3n) is 4.40. The van der Waals surface area contributed by atoms with Crippen molar-refractivity contribution in [2.45, 2.75) is 13.5 Å². The number of fused-ring (bicyclic) bond motifs is 2. The average molecular weight is 358 g/mol. The molecule has 0 spiro atoms. The van der Waals surface area contributed by atoms with Gasteiger partial charge in [-0.1, -0.05) is 12.1 Å². The van der Waals surface area contributed by atoms with E-state index in [-0.39, 0.29) is 12.2 Å². The molecule has 9 heteroatoms. The van der Waals surface area contributed by atoms with E-state index in [0.717, 1.165) is 11.0 Å². The fraction of sp³-hybridized carbons (Fsp3) is 0.111. The van der Waals surface area contributed by atoms with Crippen LogP contribution in [-0.4, -0.2) is 39.0 Å². The van der Waals surface area contributed by atoms with Crippen LogP contribution >= 0.6 is 0 Å². The van der Waals surface area contributed by atoms with Crippen molar-refractivity contribution in [1.82, 2.24) is 39.0 Å². The monoisotopic (exact) mass is 358 g/mol. The minimum absolute atomic E-state index is 0.263. The van der Waals surface area contributed by atoms with Crippen molar-refractivity contribution in [3.8, 4) is 5.95 Å². The van der Waals surface area contributed by atoms with E-state index in [2.05, 4.69) is 29.9 Å². The van der Waals surface area contributed by atoms with Crippen LogP contribution in [0.25, 0.3) is 28.1 Å². The summed E-state index contributed by atoms with van der Waals surface area (Å²) in [5, 5.41) is 0. The Morgan fingerprint density at radius 1 is 1.11 bits per heavy atom. The number of hydrogen-bond acceptors (Lipinski definition) is 6. The van der Waals surface area contributed by atoms with E-state index in [1.165, 1.54) is 4.57 Å². The second kappa shape index (κ2) is 5.84. The number of rotatable bonds is 3. The lowest BCUT2D eigenvalue weighted by molar-refractivity contribution is 0.749. The van der Waals surface area contributed by atoms with Gasteiger partial charge in [-0.25, -0.2) is 14.8 Å². The number of aromatic amines is 1. The normalized spacial score (nSPS) is 11.4. The van der Waals surface area contributed by atoms with Gasteiger partial charge in [-0.3, -0.25) is 19.1 Å². The highest BCUT2D eigenvalue weighted by atomic mass is 16.1. The predicted octanol–water partition coefficient (Wildman–Crippen LogP) is 1.61. The van der Waals surface area contributed by atoms with Crippen molar-refractivity contribution in [3.05, 3.63) is 71.1 Å². The molecule has 27 heavy (non-hydrogen) atoms. The summed E-state index contributed by atoms with van der Waals surface area (Å²) in [4.78, 5) is 37.2. The largest absolute Gasteiger partial charge is 0.328 e. The number of benzene rings is 1. The molecule has 4 aromatic heterocycles. The van der Waals surface area contributed by atoms with Crippen LogP contribution < -0.4 is 5.69 Å². The molecular formula is C18H14N8O. The lowest BCUT2D eigenvalue weighted by Gasteiger charge is -2.06. The highest BCUT2D eigenvalue weighted by Gasteiger charge is 2.16. The Kier molecular flexibility index (Phi) is 3.32. The SMILES string of the molecule is Cc1nc(-n2cnc3ccccc32)nc2c1[nH]c(=O)n2Cc1cnccn1. The number of hydrogen-bond donors (Lipinski definition) is 1. The second-order valence-corrected chi connectivity index (χ2v) is 6.12. The number of H-pyrrole nitrogens is 1. The molecule has 0 aliphatic rings. The maximum Gasteiger partial charge on any atom is 0.328 e. The van der Waals surface area contributed by atoms with Crippen LogP contribution in [0.15, 0.2) is 54.0 Å². The molecule has 132 valence electrons. The third-order valence-corrected chi connectivity index (χ3v) is 4.40. The van der Waals surface area contributed by atoms with Crippen LogP contribution in [0.3, 0.4) is 0 Å². The van der Waals surface area contributed by atoms with Gasteiger partial charge in [-0.15, -0.1) is 0 Å². The highest BCUT2D eigenvalue weighted by molar-refractivity contribution is 5.78. The Morgan fingerprint density at radius 3 is 2.85 bits per heavy atom. The van der Waals surface area contributed by atoms with Crippen molar-refractivity contribution >= 4 is 22.2 Å². The molecule has 0 aliphatic carbocycles. The standard InChI is InChI=1S/C18H14N8O/c1-11-15-16(25(18(27)23-15)9-12-8-19-6-7-20-12)24-17(22-11)26-10-21-13-4-2-3-5-14(13)26/h2-8,10H,9H2,1H3,(H,23,27). The van der Waals surface area contributed by atoms with Gasteiger partial charge in [0.05, 0.1) is 35.2 Å². The van der Waals surface area contributed by atoms with Crippen LogP contribution in [0.1, 0.15) is 11.4 Å². The Bertz CT molecular complexity index is 1330. The molecule has 0 amide bonds. The lowest BCUT2D eigenvalue weighted by atomic mass is 10.3. The number of aryl methyl sites for hydroxylation is 1. The zero-order valence-electron chi connectivity index (χ0n) is 14.4. The first-order valence-corrected chi connectivity index (χ1v) is 8.35. The summed E-state index contributed by atoms with van der Waals surface area (Å²) < 4.78 is 3.35. The molecule has 0 radical (unpaired) electrons. The molecule has 0 atom stereocenters. The van der Waals surface area contributed by atoms with Crippen molar-refractivity contribution in [2.75, 3.05) is 0 Å². The Labute approximate surface area is 152 Å². The van der Waals surface area contributed by atoms with Crippen LogP contribution in [0.4, 0.5) is 0 Å². The van der Waals surface area contributed by atoms with Gasteiger partial charge < -0.3 is 4.98 Å². The minimum atomic E-state index is -0.263. The molecule has 0 aliphatic heterocycles. The number of imidazole rings is 2. The zero-order valence-corrected chi connectivity index (χ0v) is 14.4. The van der Waals surface area contributed by atoms with Crippen molar-refractivity contribution in [1.29, 1.82) is 0 Å². The summed E-state index contributed by atoms with van der Waals surface area (Å²) in [6.45, 7) is 2.11. The quantitative estimate of drug-likeness (QED) is 0.525. The summed E-state index contributed by atoms with van der Waals surface area (Å²) in [5.41, 5.74) is 3.97. The van der Waals surface area contributed by atoms with E-state index >= 15 is 0 Å². The molecule has 0 saturated heterocycles. The van der Waals surface area contributed by atoms with Gasteiger partial charge in [-0.2, -0.15) is 4.98 Å². The maximum atomic E-state index is 12.5. The first-order valence-electron chi connectivity index (χ1n) is 8.35. The third kappa shape index (κ3) is 2.48. The summed E-state index contributed by atoms with van der Waals surface area (Å²) in [5.74, 6) is 0.459. The summed E-state index contributed by atoms with van der Waals surface area (Å²) >= 11 is 0. The van der Waals surface area contributed by atoms with Gasteiger partial charge in [0.1, 0.15) is 11.8 Å². The number of nitrogens with zero attached hydrogens (tertiary/aromatic N) is 7. The van der Waals surface area contributed by atoms with Gasteiger partial charge in [0.2, 0.25) is 5.95 Å². The molecular weight excluding hydrogens is 344 g/mol. The average Bonchev–Trinajstić information content (AvgIpc) is 3.25. The second-order valence-electron chi connectivity index (χ2n) is 6.12. The minimum Gasteiger partial charge on any atom is -0.303 e. The molecule has 5 rings (SSSR count). The van der Waals surface area contributed by atoms with Crippen molar-refractivity contribution < 1.29 is 0 Å². The Morgan fingerprint density at radius 2 is 2.00 bits per heavy atom. The highest BCUT2D eigenvalue weighted by Crippen LogP contribution is 2.19. The molecule has 9 nitrogen and oxygen atoms in total. The summed E-state index contributed by atoms with van der Waals surface area (Å²) in [6, 6.07) is 7.75. The molecule has 1 N–H and O–H groups in total. The topological polar surface area (TPSA) is 107 Å². The van der Waals surface area contributed by atoms with Crippen LogP contribution in [0.2, 0.25) is 0 Å². The number of para-hydroxylation sites is 2. The van der Waals surface area contributed by atoms with Gasteiger partial charge in [0.15, 0.2) is 5.65 Å². The van der Waals surface area contributed by atoms with Gasteiger partial charge in [0.25, 0.3) is 0 Å². The van der Waals surface area contributed by atoms with Gasteiger partial charge in [-0.05, 0) is 19.1 Å². The zero-order chi connectivity index (χ0) is 18.4. The first kappa shape index (κ1) is 15.4. The fourth-order valence-corrected chi connectivity index (χ4v) is 3.10. The summed E-state index contributed by atoms with van der Waals surface area (Å²) in [7, 11) is 0. The van der Waals surface area contributed by atoms with Crippen LogP contribution in [0, 0.1) is 6.92 Å². The maximum absolute atomic E-state index is 12.5. The van der Waals surface area contributed by atoms with E-state index in [1.54, 1.807) is 24.9 Å². The van der Waals surface area contributed by atoms with E-state index < -0.39 is 0 Å². The molecule has 0 fully saturated rings. The van der Waals surface area contributed by atoms with E-state index in [0.29, 0.717) is 28.5 Å². The molecule has 0 unspecified atom stereocenters. The van der Waals surface area contributed by atoms with Gasteiger partial charge >= 0.3 is 5.69 Å². The lowest BCUT2D eigenvalue weighted by Crippen LogP contribution is -2.18. The van der Waals surface area contributed by atoms with E-state index in [9.17, 15) is 4.79 Å². The smallest absolute Gasteiger partial charge is 0.303 e. The van der Waals surface area contributed by atoms with Crippen LogP contribution in [0.5, 0.6) is 0 Å². The molecule has 5 aromatic rings. The molecule has 4 heterocycles. The Hall–Kier alpha value is -3.88.